The summed E-state index contributed by atoms with van der Waals surface area (Å²) in [4.78, 5) is 5.74. The smallest absolute Gasteiger partial charge is 0.176 e. The molecule has 1 aromatic carbocycles. The van der Waals surface area contributed by atoms with Gasteiger partial charge in [-0.2, -0.15) is 5.26 Å². The Morgan fingerprint density at radius 2 is 1.89 bits per heavy atom. The fourth-order valence-corrected chi connectivity index (χ4v) is 3.02. The number of hydrogen-bond donors (Lipinski definition) is 2. The minimum atomic E-state index is 0.386. The number of hydrogen-bond acceptors (Lipinski definition) is 4. The van der Waals surface area contributed by atoms with Gasteiger partial charge >= 0.3 is 0 Å². The molecule has 2 rings (SSSR count). The van der Waals surface area contributed by atoms with Crippen molar-refractivity contribution in [2.24, 2.45) is 0 Å². The van der Waals surface area contributed by atoms with Crippen molar-refractivity contribution in [1.82, 2.24) is 9.97 Å². The molecule has 0 saturated heterocycles. The summed E-state index contributed by atoms with van der Waals surface area (Å²) in [6, 6.07) is 12.1. The lowest BCUT2D eigenvalue weighted by Gasteiger charge is -2.04. The van der Waals surface area contributed by atoms with Crippen LogP contribution in [0.15, 0.2) is 35.4 Å². The van der Waals surface area contributed by atoms with E-state index in [0.717, 1.165) is 10.8 Å². The van der Waals surface area contributed by atoms with E-state index in [1.807, 2.05) is 30.3 Å². The standard InChI is InChI=1S/C12H9N3S3/c13-6-9-10(16)14-12(17)15-11(9)18-7-8-4-2-1-3-5-8/h1-5H,7H2,(H2,14,15,16,17). The number of H-pyrrole nitrogens is 2. The lowest BCUT2D eigenvalue weighted by Crippen LogP contribution is -1.93. The number of nitriles is 1. The Bertz CT molecular complexity index is 695. The van der Waals surface area contributed by atoms with Crippen LogP contribution in [0, 0.1) is 20.7 Å². The molecule has 18 heavy (non-hydrogen) atoms. The topological polar surface area (TPSA) is 55.4 Å². The van der Waals surface area contributed by atoms with Crippen LogP contribution in [0.5, 0.6) is 0 Å². The molecule has 90 valence electrons. The Hall–Kier alpha value is -1.42. The summed E-state index contributed by atoms with van der Waals surface area (Å²) in [5.74, 6) is 0.763. The van der Waals surface area contributed by atoms with E-state index < -0.39 is 0 Å². The van der Waals surface area contributed by atoms with Crippen LogP contribution in [0.2, 0.25) is 0 Å². The van der Waals surface area contributed by atoms with Gasteiger partial charge in [-0.1, -0.05) is 42.5 Å². The van der Waals surface area contributed by atoms with E-state index in [4.69, 9.17) is 29.7 Å². The molecule has 0 spiro atoms. The number of nitrogens with zero attached hydrogens (tertiary/aromatic N) is 1. The summed E-state index contributed by atoms with van der Waals surface area (Å²) in [5.41, 5.74) is 1.63. The predicted octanol–water partition coefficient (Wildman–Crippen LogP) is 3.97. The van der Waals surface area contributed by atoms with Gasteiger partial charge in [0.2, 0.25) is 0 Å². The van der Waals surface area contributed by atoms with Gasteiger partial charge in [0.25, 0.3) is 0 Å². The Morgan fingerprint density at radius 3 is 2.56 bits per heavy atom. The number of aromatic nitrogens is 2. The van der Waals surface area contributed by atoms with Gasteiger partial charge in [-0.3, -0.25) is 0 Å². The predicted molar refractivity (Wildman–Crippen MR) is 77.5 cm³/mol. The van der Waals surface area contributed by atoms with Crippen LogP contribution < -0.4 is 0 Å². The van der Waals surface area contributed by atoms with E-state index in [1.54, 1.807) is 0 Å². The van der Waals surface area contributed by atoms with Crippen molar-refractivity contribution in [2.45, 2.75) is 10.8 Å². The average molecular weight is 291 g/mol. The quantitative estimate of drug-likeness (QED) is 0.510. The van der Waals surface area contributed by atoms with E-state index in [9.17, 15) is 0 Å². The minimum absolute atomic E-state index is 0.386. The highest BCUT2D eigenvalue weighted by Crippen LogP contribution is 2.23. The van der Waals surface area contributed by atoms with E-state index in [0.29, 0.717) is 15.0 Å². The van der Waals surface area contributed by atoms with Gasteiger partial charge < -0.3 is 9.97 Å². The molecular formula is C12H9N3S3. The highest BCUT2D eigenvalue weighted by atomic mass is 32.2. The Labute approximate surface area is 119 Å². The van der Waals surface area contributed by atoms with E-state index in [1.165, 1.54) is 17.3 Å². The molecule has 0 fully saturated rings. The molecule has 0 bridgehead atoms. The second kappa shape index (κ2) is 5.96. The van der Waals surface area contributed by atoms with Crippen LogP contribution in [-0.2, 0) is 5.75 Å². The highest BCUT2D eigenvalue weighted by Gasteiger charge is 2.06. The summed E-state index contributed by atoms with van der Waals surface area (Å²) >= 11 is 11.6. The second-order valence-corrected chi connectivity index (χ2v) is 5.30. The first kappa shape index (κ1) is 13.0. The number of benzene rings is 1. The molecule has 0 aliphatic rings. The maximum atomic E-state index is 9.08. The zero-order valence-corrected chi connectivity index (χ0v) is 11.7. The number of nitrogens with one attached hydrogen (secondary N) is 2. The molecule has 2 aromatic rings. The summed E-state index contributed by atoms with van der Waals surface area (Å²) in [6.07, 6.45) is 0. The number of rotatable bonds is 3. The van der Waals surface area contributed by atoms with Gasteiger partial charge in [-0.05, 0) is 17.8 Å². The SMILES string of the molecule is N#Cc1c(SCc2ccccc2)[nH]c(=S)[nH]c1=S. The van der Waals surface area contributed by atoms with Crippen molar-refractivity contribution in [3.05, 3.63) is 50.9 Å². The second-order valence-electron chi connectivity index (χ2n) is 3.50. The van der Waals surface area contributed by atoms with Gasteiger partial charge in [0.05, 0.1) is 5.03 Å². The average Bonchev–Trinajstić information content (AvgIpc) is 2.37. The first-order chi connectivity index (χ1) is 8.70. The van der Waals surface area contributed by atoms with E-state index in [2.05, 4.69) is 16.0 Å². The third-order valence-corrected chi connectivity index (χ3v) is 3.83. The summed E-state index contributed by atoms with van der Waals surface area (Å²) < 4.78 is 0.825. The largest absolute Gasteiger partial charge is 0.326 e. The van der Waals surface area contributed by atoms with Crippen LogP contribution >= 0.6 is 36.2 Å². The van der Waals surface area contributed by atoms with Crippen molar-refractivity contribution in [1.29, 1.82) is 5.26 Å². The van der Waals surface area contributed by atoms with Crippen molar-refractivity contribution in [2.75, 3.05) is 0 Å². The summed E-state index contributed by atoms with van der Waals surface area (Å²) in [5, 5.41) is 9.80. The van der Waals surface area contributed by atoms with Crippen LogP contribution in [0.1, 0.15) is 11.1 Å². The molecule has 1 aromatic heterocycles. The molecule has 1 heterocycles. The van der Waals surface area contributed by atoms with Gasteiger partial charge in [0, 0.05) is 5.75 Å². The Balaban J connectivity index is 2.28. The van der Waals surface area contributed by atoms with Gasteiger partial charge in [0.1, 0.15) is 16.3 Å². The maximum Gasteiger partial charge on any atom is 0.176 e. The van der Waals surface area contributed by atoms with Gasteiger partial charge in [-0.15, -0.1) is 11.8 Å². The van der Waals surface area contributed by atoms with Crippen molar-refractivity contribution < 1.29 is 0 Å². The first-order valence-corrected chi connectivity index (χ1v) is 6.94. The fraction of sp³-hybridized carbons (Fsp3) is 0.0833. The first-order valence-electron chi connectivity index (χ1n) is 5.14. The van der Waals surface area contributed by atoms with Crippen molar-refractivity contribution in [3.8, 4) is 6.07 Å². The molecule has 0 unspecified atom stereocenters. The van der Waals surface area contributed by atoms with Gasteiger partial charge in [0.15, 0.2) is 4.77 Å². The molecule has 3 nitrogen and oxygen atoms in total. The molecule has 2 N–H and O–H groups in total. The molecular weight excluding hydrogens is 282 g/mol. The van der Waals surface area contributed by atoms with Gasteiger partial charge in [-0.25, -0.2) is 0 Å². The third-order valence-electron chi connectivity index (χ3n) is 2.25. The zero-order chi connectivity index (χ0) is 13.0. The Morgan fingerprint density at radius 1 is 1.17 bits per heavy atom. The van der Waals surface area contributed by atoms with Crippen LogP contribution in [0.25, 0.3) is 0 Å². The summed E-state index contributed by atoms with van der Waals surface area (Å²) in [7, 11) is 0. The lowest BCUT2D eigenvalue weighted by molar-refractivity contribution is 0.993. The van der Waals surface area contributed by atoms with E-state index in [-0.39, 0.29) is 0 Å². The number of aromatic amines is 2. The van der Waals surface area contributed by atoms with E-state index >= 15 is 0 Å². The van der Waals surface area contributed by atoms with Crippen LogP contribution in [-0.4, -0.2) is 9.97 Å². The zero-order valence-electron chi connectivity index (χ0n) is 9.27. The highest BCUT2D eigenvalue weighted by molar-refractivity contribution is 7.98. The number of thioether (sulfide) groups is 1. The van der Waals surface area contributed by atoms with Crippen LogP contribution in [0.3, 0.4) is 0 Å². The lowest BCUT2D eigenvalue weighted by atomic mass is 10.2. The molecule has 0 amide bonds. The molecule has 0 radical (unpaired) electrons. The van der Waals surface area contributed by atoms with Crippen molar-refractivity contribution >= 4 is 36.2 Å². The summed E-state index contributed by atoms with van der Waals surface area (Å²) in [6.45, 7) is 0. The molecule has 0 aliphatic carbocycles. The molecule has 0 atom stereocenters. The minimum Gasteiger partial charge on any atom is -0.326 e. The molecule has 0 saturated carbocycles. The van der Waals surface area contributed by atoms with Crippen molar-refractivity contribution in [3.63, 3.8) is 0 Å². The Kier molecular flexibility index (Phi) is 4.31. The monoisotopic (exact) mass is 291 g/mol. The fourth-order valence-electron chi connectivity index (χ4n) is 1.41. The maximum absolute atomic E-state index is 9.08. The molecule has 6 heteroatoms. The van der Waals surface area contributed by atoms with Crippen LogP contribution in [0.4, 0.5) is 0 Å². The molecule has 0 aliphatic heterocycles. The third kappa shape index (κ3) is 3.07. The normalized spacial score (nSPS) is 9.94.